The summed E-state index contributed by atoms with van der Waals surface area (Å²) in [4.78, 5) is 19.5. The van der Waals surface area contributed by atoms with Gasteiger partial charge in [0.1, 0.15) is 24.7 Å². The van der Waals surface area contributed by atoms with Gasteiger partial charge < -0.3 is 29.7 Å². The first-order chi connectivity index (χ1) is 19.4. The Hall–Kier alpha value is -3.65. The highest BCUT2D eigenvalue weighted by atomic mass is 35.5. The molecule has 1 amide bonds. The minimum absolute atomic E-state index is 0.0441. The Balaban J connectivity index is 1.73. The van der Waals surface area contributed by atoms with Gasteiger partial charge in [-0.3, -0.25) is 4.79 Å². The molecule has 1 aliphatic rings. The molecule has 41 heavy (non-hydrogen) atoms. The molecule has 2 atom stereocenters. The predicted molar refractivity (Wildman–Crippen MR) is 139 cm³/mol. The van der Waals surface area contributed by atoms with Gasteiger partial charge >= 0.3 is 6.18 Å². The van der Waals surface area contributed by atoms with Crippen molar-refractivity contribution in [3.8, 4) is 28.5 Å². The van der Waals surface area contributed by atoms with Crippen LogP contribution in [0.2, 0.25) is 0 Å². The van der Waals surface area contributed by atoms with Crippen LogP contribution in [0.5, 0.6) is 17.2 Å². The molecule has 0 saturated carbocycles. The number of alkyl halides is 3. The summed E-state index contributed by atoms with van der Waals surface area (Å²) in [6.45, 7) is -0.0995. The summed E-state index contributed by atoms with van der Waals surface area (Å²) in [5.74, 6) is -1.10. The first-order valence-corrected chi connectivity index (χ1v) is 12.6. The number of nitrogens with zero attached hydrogens (tertiary/aromatic N) is 1. The SMILES string of the molecule is COc1cc(C(=O)NC[C@@](O)(c2cc3c(c(-c4ccc(F)cc4)n2)OC[C@]3(C)NCl)C(F)(F)F)ccc1OCCO. The minimum Gasteiger partial charge on any atom is -0.493 e. The van der Waals surface area contributed by atoms with Crippen LogP contribution in [0.3, 0.4) is 0 Å². The van der Waals surface area contributed by atoms with E-state index in [0.29, 0.717) is 0 Å². The normalized spacial score (nSPS) is 17.8. The minimum atomic E-state index is -5.30. The van der Waals surface area contributed by atoms with Crippen molar-refractivity contribution in [3.63, 3.8) is 0 Å². The third kappa shape index (κ3) is 5.89. The highest BCUT2D eigenvalue weighted by molar-refractivity contribution is 6.14. The second-order valence-corrected chi connectivity index (χ2v) is 9.62. The monoisotopic (exact) mass is 599 g/mol. The molecule has 4 N–H and O–H groups in total. The standard InChI is InChI=1S/C27H26ClF4N3O6/c1-25(35-28)14-41-23-18(25)12-21(34-22(23)15-3-6-17(29)7-4-15)26(38,27(30,31)32)13-33-24(37)16-5-8-19(40-10-9-36)20(11-16)39-2/h3-8,11-12,35-36,38H,9-10,13-14H2,1-2H3,(H,33,37)/t25-,26+/m0/s1. The van der Waals surface area contributed by atoms with Crippen molar-refractivity contribution in [1.29, 1.82) is 0 Å². The average molecular weight is 600 g/mol. The zero-order valence-electron chi connectivity index (χ0n) is 21.8. The van der Waals surface area contributed by atoms with E-state index in [1.165, 1.54) is 37.4 Å². The molecule has 0 fully saturated rings. The summed E-state index contributed by atoms with van der Waals surface area (Å²) in [5.41, 5.74) is -5.40. The van der Waals surface area contributed by atoms with E-state index >= 15 is 0 Å². The van der Waals surface area contributed by atoms with Crippen LogP contribution in [0.15, 0.2) is 48.5 Å². The lowest BCUT2D eigenvalue weighted by Crippen LogP contribution is -2.51. The van der Waals surface area contributed by atoms with Crippen LogP contribution < -0.4 is 24.4 Å². The first kappa shape index (κ1) is 30.3. The van der Waals surface area contributed by atoms with Gasteiger partial charge in [-0.15, -0.1) is 0 Å². The molecule has 0 bridgehead atoms. The van der Waals surface area contributed by atoms with Crippen molar-refractivity contribution in [2.45, 2.75) is 24.2 Å². The van der Waals surface area contributed by atoms with Crippen molar-refractivity contribution in [1.82, 2.24) is 15.1 Å². The van der Waals surface area contributed by atoms with Gasteiger partial charge in [0.15, 0.2) is 17.2 Å². The van der Waals surface area contributed by atoms with E-state index < -0.39 is 41.3 Å². The number of amides is 1. The Morgan fingerprint density at radius 3 is 2.49 bits per heavy atom. The smallest absolute Gasteiger partial charge is 0.424 e. The molecular weight excluding hydrogens is 574 g/mol. The van der Waals surface area contributed by atoms with Crippen molar-refractivity contribution in [2.75, 3.05) is 33.5 Å². The molecule has 2 aromatic carbocycles. The molecule has 0 radical (unpaired) electrons. The van der Waals surface area contributed by atoms with Gasteiger partial charge in [-0.1, -0.05) is 0 Å². The topological polar surface area (TPSA) is 122 Å². The van der Waals surface area contributed by atoms with Crippen LogP contribution in [-0.4, -0.2) is 60.8 Å². The number of hydrogen-bond acceptors (Lipinski definition) is 8. The lowest BCUT2D eigenvalue weighted by molar-refractivity contribution is -0.265. The van der Waals surface area contributed by atoms with Crippen LogP contribution in [0.1, 0.15) is 28.5 Å². The molecular formula is C27H26ClF4N3O6. The number of methoxy groups -OCH3 is 1. The number of aromatic nitrogens is 1. The van der Waals surface area contributed by atoms with Gasteiger partial charge in [0.25, 0.3) is 5.91 Å². The van der Waals surface area contributed by atoms with E-state index in [2.05, 4.69) is 15.1 Å². The molecule has 2 heterocycles. The van der Waals surface area contributed by atoms with E-state index in [0.717, 1.165) is 18.2 Å². The first-order valence-electron chi connectivity index (χ1n) is 12.2. The van der Waals surface area contributed by atoms with Gasteiger partial charge in [-0.2, -0.15) is 13.2 Å². The molecule has 0 aliphatic carbocycles. The maximum absolute atomic E-state index is 14.5. The van der Waals surface area contributed by atoms with E-state index in [1.54, 1.807) is 6.92 Å². The fraction of sp³-hybridized carbons (Fsp3) is 0.333. The number of pyridine rings is 1. The molecule has 0 saturated heterocycles. The maximum atomic E-state index is 14.5. The summed E-state index contributed by atoms with van der Waals surface area (Å²) in [7, 11) is 1.30. The van der Waals surface area contributed by atoms with E-state index in [9.17, 15) is 27.5 Å². The number of rotatable bonds is 10. The summed E-state index contributed by atoms with van der Waals surface area (Å²) in [6, 6.07) is 9.73. The number of hydrogen-bond donors (Lipinski definition) is 4. The number of halogens is 5. The fourth-order valence-electron chi connectivity index (χ4n) is 4.21. The van der Waals surface area contributed by atoms with Crippen LogP contribution in [-0.2, 0) is 11.1 Å². The average Bonchev–Trinajstić information content (AvgIpc) is 3.30. The summed E-state index contributed by atoms with van der Waals surface area (Å²) >= 11 is 5.91. The van der Waals surface area contributed by atoms with Crippen LogP contribution in [0.4, 0.5) is 17.6 Å². The summed E-state index contributed by atoms with van der Waals surface area (Å²) in [5, 5.41) is 22.2. The summed E-state index contributed by atoms with van der Waals surface area (Å²) in [6.07, 6.45) is -5.30. The van der Waals surface area contributed by atoms with Crippen molar-refractivity contribution < 1.29 is 46.8 Å². The highest BCUT2D eigenvalue weighted by Gasteiger charge is 2.57. The Morgan fingerprint density at radius 2 is 1.88 bits per heavy atom. The van der Waals surface area contributed by atoms with Gasteiger partial charge in [-0.05, 0) is 67.2 Å². The molecule has 3 aromatic rings. The molecule has 0 unspecified atom stereocenters. The number of carbonyl (C=O) groups is 1. The van der Waals surface area contributed by atoms with Crippen molar-refractivity contribution >= 4 is 17.7 Å². The molecule has 4 rings (SSSR count). The molecule has 220 valence electrons. The van der Waals surface area contributed by atoms with Crippen LogP contribution >= 0.6 is 11.8 Å². The third-order valence-corrected chi connectivity index (χ3v) is 6.99. The molecule has 0 spiro atoms. The number of ether oxygens (including phenoxy) is 3. The van der Waals surface area contributed by atoms with Crippen molar-refractivity contribution in [3.05, 3.63) is 71.2 Å². The number of aliphatic hydroxyl groups excluding tert-OH is 1. The largest absolute Gasteiger partial charge is 0.493 e. The van der Waals surface area contributed by atoms with Crippen molar-refractivity contribution in [2.24, 2.45) is 0 Å². The predicted octanol–water partition coefficient (Wildman–Crippen LogP) is 3.80. The van der Waals surface area contributed by atoms with Gasteiger partial charge in [0.2, 0.25) is 5.60 Å². The highest BCUT2D eigenvalue weighted by Crippen LogP contribution is 2.47. The zero-order valence-corrected chi connectivity index (χ0v) is 22.6. The molecule has 1 aromatic heterocycles. The Kier molecular flexibility index (Phi) is 8.64. The number of aliphatic hydroxyl groups is 2. The Labute approximate surface area is 237 Å². The number of fused-ring (bicyclic) bond motifs is 1. The van der Waals surface area contributed by atoms with Gasteiger partial charge in [-0.25, -0.2) is 14.2 Å². The van der Waals surface area contributed by atoms with E-state index in [1.807, 2.05) is 0 Å². The number of nitrogens with one attached hydrogen (secondary N) is 2. The molecule has 14 heteroatoms. The van der Waals surface area contributed by atoms with Gasteiger partial charge in [0, 0.05) is 16.7 Å². The number of carbonyl (C=O) groups excluding carboxylic acids is 1. The third-order valence-electron chi connectivity index (χ3n) is 6.57. The Morgan fingerprint density at radius 1 is 1.17 bits per heavy atom. The van der Waals surface area contributed by atoms with Crippen LogP contribution in [0, 0.1) is 5.82 Å². The quantitative estimate of drug-likeness (QED) is 0.205. The fourth-order valence-corrected chi connectivity index (χ4v) is 4.36. The van der Waals surface area contributed by atoms with Gasteiger partial charge in [0.05, 0.1) is 31.5 Å². The van der Waals surface area contributed by atoms with Crippen LogP contribution in [0.25, 0.3) is 11.3 Å². The zero-order chi connectivity index (χ0) is 30.0. The lowest BCUT2D eigenvalue weighted by atomic mass is 9.89. The molecule has 1 aliphatic heterocycles. The lowest BCUT2D eigenvalue weighted by Gasteiger charge is -2.31. The maximum Gasteiger partial charge on any atom is 0.424 e. The second-order valence-electron chi connectivity index (χ2n) is 9.43. The number of benzene rings is 2. The molecule has 9 nitrogen and oxygen atoms in total. The Bertz CT molecular complexity index is 1430. The summed E-state index contributed by atoms with van der Waals surface area (Å²) < 4.78 is 73.3. The van der Waals surface area contributed by atoms with E-state index in [4.69, 9.17) is 31.1 Å². The second kappa shape index (κ2) is 11.7. The van der Waals surface area contributed by atoms with E-state index in [-0.39, 0.29) is 59.5 Å².